The van der Waals surface area contributed by atoms with E-state index in [0.29, 0.717) is 18.8 Å². The van der Waals surface area contributed by atoms with Gasteiger partial charge in [-0.15, -0.1) is 0 Å². The maximum absolute atomic E-state index is 11.6. The number of rotatable bonds is 5. The van der Waals surface area contributed by atoms with E-state index in [9.17, 15) is 18.5 Å². The van der Waals surface area contributed by atoms with Crippen molar-refractivity contribution in [2.24, 2.45) is 0 Å². The zero-order valence-electron chi connectivity index (χ0n) is 14.0. The third-order valence-corrected chi connectivity index (χ3v) is 5.08. The average molecular weight is 378 g/mol. The fourth-order valence-electron chi connectivity index (χ4n) is 2.66. The molecule has 138 valence electrons. The third-order valence-electron chi connectivity index (χ3n) is 3.95. The maximum atomic E-state index is 11.6. The summed E-state index contributed by atoms with van der Waals surface area (Å²) in [6.07, 6.45) is 2.39. The highest BCUT2D eigenvalue weighted by atomic mass is 32.2. The Morgan fingerprint density at radius 1 is 1.19 bits per heavy atom. The van der Waals surface area contributed by atoms with Crippen molar-refractivity contribution < 1.29 is 13.3 Å². The lowest BCUT2D eigenvalue weighted by molar-refractivity contribution is -0.383. The molecule has 3 rings (SSSR count). The van der Waals surface area contributed by atoms with Crippen molar-refractivity contribution in [2.75, 3.05) is 42.7 Å². The topological polar surface area (TPSA) is 130 Å². The Hall–Kier alpha value is -2.79. The SMILES string of the molecule is CS(=O)(=O)c1ccc(Nc2ncnc(N3CCNCC3)c2[N+](=O)[O-])cc1. The minimum Gasteiger partial charge on any atom is -0.348 e. The highest BCUT2D eigenvalue weighted by molar-refractivity contribution is 7.90. The molecule has 1 fully saturated rings. The first-order valence-corrected chi connectivity index (χ1v) is 9.77. The molecule has 1 aromatic heterocycles. The highest BCUT2D eigenvalue weighted by Crippen LogP contribution is 2.33. The van der Waals surface area contributed by atoms with Crippen LogP contribution in [0.25, 0.3) is 0 Å². The molecule has 0 spiro atoms. The van der Waals surface area contributed by atoms with Gasteiger partial charge in [0, 0.05) is 38.1 Å². The van der Waals surface area contributed by atoms with Crippen LogP contribution in [0.3, 0.4) is 0 Å². The molecule has 0 atom stereocenters. The minimum atomic E-state index is -3.31. The number of piperazine rings is 1. The van der Waals surface area contributed by atoms with Crippen LogP contribution >= 0.6 is 0 Å². The van der Waals surface area contributed by atoms with Gasteiger partial charge in [0.25, 0.3) is 0 Å². The number of benzene rings is 1. The average Bonchev–Trinajstić information content (AvgIpc) is 2.62. The zero-order valence-corrected chi connectivity index (χ0v) is 14.9. The number of hydrogen-bond acceptors (Lipinski definition) is 9. The monoisotopic (exact) mass is 378 g/mol. The van der Waals surface area contributed by atoms with E-state index in [4.69, 9.17) is 0 Å². The molecule has 0 amide bonds. The summed E-state index contributed by atoms with van der Waals surface area (Å²) in [7, 11) is -3.31. The summed E-state index contributed by atoms with van der Waals surface area (Å²) in [6.45, 7) is 2.66. The summed E-state index contributed by atoms with van der Waals surface area (Å²) in [5.74, 6) is 0.326. The van der Waals surface area contributed by atoms with Crippen molar-refractivity contribution in [3.8, 4) is 0 Å². The van der Waals surface area contributed by atoms with Crippen LogP contribution in [0.4, 0.5) is 23.0 Å². The van der Waals surface area contributed by atoms with Crippen molar-refractivity contribution in [3.05, 3.63) is 40.7 Å². The number of hydrogen-bond donors (Lipinski definition) is 2. The van der Waals surface area contributed by atoms with Crippen LogP contribution in [-0.2, 0) is 9.84 Å². The first-order valence-electron chi connectivity index (χ1n) is 7.88. The molecule has 2 aromatic rings. The van der Waals surface area contributed by atoms with Crippen LogP contribution in [0.15, 0.2) is 35.5 Å². The fraction of sp³-hybridized carbons (Fsp3) is 0.333. The summed E-state index contributed by atoms with van der Waals surface area (Å²) in [6, 6.07) is 5.93. The number of nitrogens with one attached hydrogen (secondary N) is 2. The Kier molecular flexibility index (Phi) is 5.00. The molecule has 1 aliphatic rings. The Labute approximate surface area is 150 Å². The van der Waals surface area contributed by atoms with Crippen molar-refractivity contribution in [1.82, 2.24) is 15.3 Å². The lowest BCUT2D eigenvalue weighted by Gasteiger charge is -2.28. The summed E-state index contributed by atoms with van der Waals surface area (Å²) < 4.78 is 23.0. The number of anilines is 3. The van der Waals surface area contributed by atoms with E-state index in [1.54, 1.807) is 0 Å². The molecule has 0 radical (unpaired) electrons. The normalized spacial score (nSPS) is 14.9. The summed E-state index contributed by atoms with van der Waals surface area (Å²) in [5, 5.41) is 17.7. The molecule has 0 unspecified atom stereocenters. The van der Waals surface area contributed by atoms with Crippen LogP contribution in [0, 0.1) is 10.1 Å². The largest absolute Gasteiger partial charge is 0.353 e. The summed E-state index contributed by atoms with van der Waals surface area (Å²) in [4.78, 5) is 21.2. The number of sulfone groups is 1. The predicted octanol–water partition coefficient (Wildman–Crippen LogP) is 0.942. The Morgan fingerprint density at radius 2 is 1.85 bits per heavy atom. The van der Waals surface area contributed by atoms with Crippen LogP contribution in [0.2, 0.25) is 0 Å². The standard InChI is InChI=1S/C15H18N6O4S/c1-26(24,25)12-4-2-11(3-5-12)19-14-13(21(22)23)15(18-10-17-14)20-8-6-16-7-9-20/h2-5,10,16H,6-9H2,1H3,(H,17,18,19). The van der Waals surface area contributed by atoms with Gasteiger partial charge in [0.2, 0.25) is 11.6 Å². The number of aromatic nitrogens is 2. The Morgan fingerprint density at radius 3 is 2.42 bits per heavy atom. The van der Waals surface area contributed by atoms with Crippen LogP contribution < -0.4 is 15.5 Å². The molecule has 10 nitrogen and oxygen atoms in total. The van der Waals surface area contributed by atoms with Crippen LogP contribution in [-0.4, -0.2) is 55.7 Å². The number of nitro groups is 1. The smallest absolute Gasteiger partial charge is 0.348 e. The molecule has 2 N–H and O–H groups in total. The van der Waals surface area contributed by atoms with Gasteiger partial charge < -0.3 is 15.5 Å². The number of nitrogens with zero attached hydrogens (tertiary/aromatic N) is 4. The first kappa shape index (κ1) is 18.0. The van der Waals surface area contributed by atoms with E-state index in [0.717, 1.165) is 19.3 Å². The molecule has 0 bridgehead atoms. The lowest BCUT2D eigenvalue weighted by atomic mass is 10.3. The lowest BCUT2D eigenvalue weighted by Crippen LogP contribution is -2.44. The van der Waals surface area contributed by atoms with E-state index in [2.05, 4.69) is 20.6 Å². The van der Waals surface area contributed by atoms with E-state index in [1.165, 1.54) is 30.6 Å². The van der Waals surface area contributed by atoms with Gasteiger partial charge in [-0.1, -0.05) is 0 Å². The zero-order chi connectivity index (χ0) is 18.7. The quantitative estimate of drug-likeness (QED) is 0.576. The van der Waals surface area contributed by atoms with Gasteiger partial charge in [-0.3, -0.25) is 10.1 Å². The van der Waals surface area contributed by atoms with E-state index in [-0.39, 0.29) is 22.2 Å². The molecule has 1 saturated heterocycles. The third kappa shape index (κ3) is 3.89. The second-order valence-electron chi connectivity index (χ2n) is 5.81. The van der Waals surface area contributed by atoms with E-state index >= 15 is 0 Å². The van der Waals surface area contributed by atoms with Gasteiger partial charge in [-0.05, 0) is 24.3 Å². The van der Waals surface area contributed by atoms with Crippen molar-refractivity contribution in [1.29, 1.82) is 0 Å². The molecule has 0 aliphatic carbocycles. The molecule has 11 heteroatoms. The maximum Gasteiger partial charge on any atom is 0.353 e. The van der Waals surface area contributed by atoms with Gasteiger partial charge in [0.05, 0.1) is 9.82 Å². The Balaban J connectivity index is 1.93. The van der Waals surface area contributed by atoms with Gasteiger partial charge in [-0.2, -0.15) is 0 Å². The molecular weight excluding hydrogens is 360 g/mol. The molecule has 0 saturated carbocycles. The van der Waals surface area contributed by atoms with Gasteiger partial charge in [0.15, 0.2) is 9.84 Å². The van der Waals surface area contributed by atoms with E-state index < -0.39 is 14.8 Å². The minimum absolute atomic E-state index is 0.0608. The summed E-state index contributed by atoms with van der Waals surface area (Å²) >= 11 is 0. The van der Waals surface area contributed by atoms with Crippen molar-refractivity contribution in [3.63, 3.8) is 0 Å². The van der Waals surface area contributed by atoms with Gasteiger partial charge in [-0.25, -0.2) is 18.4 Å². The second kappa shape index (κ2) is 7.22. The van der Waals surface area contributed by atoms with Gasteiger partial charge >= 0.3 is 5.69 Å². The Bertz CT molecular complexity index is 910. The fourth-order valence-corrected chi connectivity index (χ4v) is 3.29. The molecule has 2 heterocycles. The van der Waals surface area contributed by atoms with Crippen molar-refractivity contribution in [2.45, 2.75) is 4.90 Å². The summed E-state index contributed by atoms with van der Waals surface area (Å²) in [5.41, 5.74) is 0.284. The molecule has 1 aromatic carbocycles. The van der Waals surface area contributed by atoms with Crippen molar-refractivity contribution >= 4 is 32.8 Å². The first-order chi connectivity index (χ1) is 12.4. The predicted molar refractivity (Wildman–Crippen MR) is 96.6 cm³/mol. The molecular formula is C15H18N6O4S. The molecule has 1 aliphatic heterocycles. The van der Waals surface area contributed by atoms with Gasteiger partial charge in [0.1, 0.15) is 6.33 Å². The van der Waals surface area contributed by atoms with Crippen LogP contribution in [0.1, 0.15) is 0 Å². The van der Waals surface area contributed by atoms with E-state index in [1.807, 2.05) is 4.90 Å². The highest BCUT2D eigenvalue weighted by Gasteiger charge is 2.28. The molecule has 26 heavy (non-hydrogen) atoms. The van der Waals surface area contributed by atoms with Crippen LogP contribution in [0.5, 0.6) is 0 Å². The second-order valence-corrected chi connectivity index (χ2v) is 7.83.